The van der Waals surface area contributed by atoms with Crippen LogP contribution < -0.4 is 0 Å². The molecule has 1 rings (SSSR count). The third kappa shape index (κ3) is 3.92. The molecular formula is C10H15NO5S. The van der Waals surface area contributed by atoms with Crippen molar-refractivity contribution >= 4 is 29.6 Å². The molecule has 0 aromatic rings. The Morgan fingerprint density at radius 3 is 2.71 bits per heavy atom. The van der Waals surface area contributed by atoms with Crippen molar-refractivity contribution in [3.63, 3.8) is 0 Å². The Morgan fingerprint density at radius 2 is 2.12 bits per heavy atom. The number of hydrogen-bond acceptors (Lipinski definition) is 5. The number of rotatable bonds is 5. The first kappa shape index (κ1) is 13.8. The zero-order valence-corrected chi connectivity index (χ0v) is 10.4. The van der Waals surface area contributed by atoms with Gasteiger partial charge in [0, 0.05) is 12.2 Å². The average molecular weight is 261 g/mol. The van der Waals surface area contributed by atoms with E-state index in [-0.39, 0.29) is 25.4 Å². The van der Waals surface area contributed by atoms with Gasteiger partial charge in [-0.3, -0.25) is 9.59 Å². The van der Waals surface area contributed by atoms with E-state index in [1.165, 1.54) is 16.7 Å². The van der Waals surface area contributed by atoms with Gasteiger partial charge in [0.05, 0.1) is 18.9 Å². The maximum Gasteiger partial charge on any atom is 0.327 e. The zero-order valence-electron chi connectivity index (χ0n) is 9.55. The maximum absolute atomic E-state index is 11.7. The first-order chi connectivity index (χ1) is 8.06. The van der Waals surface area contributed by atoms with Crippen LogP contribution in [-0.2, 0) is 19.1 Å². The molecule has 6 nitrogen and oxygen atoms in total. The number of amides is 1. The normalized spacial score (nSPS) is 19.1. The Labute approximate surface area is 103 Å². The van der Waals surface area contributed by atoms with Crippen molar-refractivity contribution in [3.05, 3.63) is 0 Å². The summed E-state index contributed by atoms with van der Waals surface area (Å²) in [7, 11) is 0. The third-order valence-corrected chi connectivity index (χ3v) is 3.35. The summed E-state index contributed by atoms with van der Waals surface area (Å²) in [5, 5.41) is 8.90. The summed E-state index contributed by atoms with van der Waals surface area (Å²) >= 11 is 1.40. The van der Waals surface area contributed by atoms with Gasteiger partial charge in [-0.2, -0.15) is 0 Å². The van der Waals surface area contributed by atoms with E-state index in [2.05, 4.69) is 0 Å². The summed E-state index contributed by atoms with van der Waals surface area (Å²) in [6.45, 7) is 1.97. The standard InChI is InChI=1S/C10H15NO5S/c1-2-16-9(13)4-3-8(12)11-6-17-5-7(11)10(14)15/h7H,2-6H2,1H3,(H,14,15)/t7-/m0/s1. The Bertz CT molecular complexity index is 320. The Hall–Kier alpha value is -1.24. The summed E-state index contributed by atoms with van der Waals surface area (Å²) in [5.74, 6) is -0.964. The molecule has 1 fully saturated rings. The van der Waals surface area contributed by atoms with Crippen molar-refractivity contribution in [1.82, 2.24) is 4.90 Å². The lowest BCUT2D eigenvalue weighted by atomic mass is 10.2. The molecular weight excluding hydrogens is 246 g/mol. The highest BCUT2D eigenvalue weighted by molar-refractivity contribution is 7.99. The molecule has 1 amide bonds. The lowest BCUT2D eigenvalue weighted by molar-refractivity contribution is -0.149. The van der Waals surface area contributed by atoms with Crippen LogP contribution in [0.5, 0.6) is 0 Å². The Kier molecular flexibility index (Phi) is 5.27. The Balaban J connectivity index is 2.42. The third-order valence-electron chi connectivity index (χ3n) is 2.34. The minimum absolute atomic E-state index is 0.000178. The van der Waals surface area contributed by atoms with Gasteiger partial charge in [-0.15, -0.1) is 11.8 Å². The molecule has 0 aliphatic carbocycles. The second kappa shape index (κ2) is 6.48. The average Bonchev–Trinajstić information content (AvgIpc) is 2.75. The fourth-order valence-electron chi connectivity index (χ4n) is 1.48. The molecule has 0 radical (unpaired) electrons. The van der Waals surface area contributed by atoms with Crippen LogP contribution in [0.4, 0.5) is 0 Å². The highest BCUT2D eigenvalue weighted by Crippen LogP contribution is 2.22. The van der Waals surface area contributed by atoms with Crippen molar-refractivity contribution in [2.45, 2.75) is 25.8 Å². The van der Waals surface area contributed by atoms with Crippen molar-refractivity contribution in [3.8, 4) is 0 Å². The number of esters is 1. The number of aliphatic carboxylic acids is 1. The van der Waals surface area contributed by atoms with E-state index >= 15 is 0 Å². The largest absolute Gasteiger partial charge is 0.480 e. The van der Waals surface area contributed by atoms with E-state index in [0.717, 1.165) is 0 Å². The van der Waals surface area contributed by atoms with Crippen molar-refractivity contribution in [2.75, 3.05) is 18.2 Å². The van der Waals surface area contributed by atoms with E-state index in [1.807, 2.05) is 0 Å². The monoisotopic (exact) mass is 261 g/mol. The molecule has 1 saturated heterocycles. The van der Waals surface area contributed by atoms with Crippen LogP contribution in [0.1, 0.15) is 19.8 Å². The summed E-state index contributed by atoms with van der Waals surface area (Å²) in [6, 6.07) is -0.769. The lowest BCUT2D eigenvalue weighted by Gasteiger charge is -2.20. The van der Waals surface area contributed by atoms with Gasteiger partial charge >= 0.3 is 11.9 Å². The van der Waals surface area contributed by atoms with Crippen LogP contribution in [0.25, 0.3) is 0 Å². The number of thioether (sulfide) groups is 1. The molecule has 0 spiro atoms. The van der Waals surface area contributed by atoms with E-state index in [4.69, 9.17) is 9.84 Å². The predicted octanol–water partition coefficient (Wildman–Crippen LogP) is 0.316. The van der Waals surface area contributed by atoms with Gasteiger partial charge in [0.2, 0.25) is 5.91 Å². The fraction of sp³-hybridized carbons (Fsp3) is 0.700. The van der Waals surface area contributed by atoms with Gasteiger partial charge in [-0.25, -0.2) is 4.79 Å². The molecule has 0 aromatic heterocycles. The van der Waals surface area contributed by atoms with Gasteiger partial charge in [0.15, 0.2) is 0 Å². The molecule has 1 heterocycles. The number of ether oxygens (including phenoxy) is 1. The number of carbonyl (C=O) groups is 3. The SMILES string of the molecule is CCOC(=O)CCC(=O)N1CSC[C@H]1C(=O)O. The number of carboxylic acids is 1. The van der Waals surface area contributed by atoms with Crippen LogP contribution in [0.15, 0.2) is 0 Å². The first-order valence-electron chi connectivity index (χ1n) is 5.32. The van der Waals surface area contributed by atoms with Gasteiger partial charge in [-0.1, -0.05) is 0 Å². The summed E-state index contributed by atoms with van der Waals surface area (Å²) in [5.41, 5.74) is 0. The molecule has 0 aromatic carbocycles. The van der Waals surface area contributed by atoms with Gasteiger partial charge in [-0.05, 0) is 6.92 Å². The summed E-state index contributed by atoms with van der Waals surface area (Å²) in [4.78, 5) is 34.9. The molecule has 96 valence electrons. The molecule has 1 N–H and O–H groups in total. The summed E-state index contributed by atoms with van der Waals surface area (Å²) < 4.78 is 4.70. The quantitative estimate of drug-likeness (QED) is 0.717. The molecule has 17 heavy (non-hydrogen) atoms. The first-order valence-corrected chi connectivity index (χ1v) is 6.47. The molecule has 1 aliphatic rings. The minimum Gasteiger partial charge on any atom is -0.480 e. The second-order valence-electron chi connectivity index (χ2n) is 3.52. The van der Waals surface area contributed by atoms with Crippen LogP contribution in [0, 0.1) is 0 Å². The highest BCUT2D eigenvalue weighted by Gasteiger charge is 2.34. The maximum atomic E-state index is 11.7. The van der Waals surface area contributed by atoms with E-state index in [9.17, 15) is 14.4 Å². The molecule has 7 heteroatoms. The molecule has 1 atom stereocenters. The van der Waals surface area contributed by atoms with Gasteiger partial charge in [0.1, 0.15) is 6.04 Å². The molecule has 0 unspecified atom stereocenters. The van der Waals surface area contributed by atoms with Gasteiger partial charge < -0.3 is 14.7 Å². The molecule has 1 aliphatic heterocycles. The van der Waals surface area contributed by atoms with Gasteiger partial charge in [0.25, 0.3) is 0 Å². The highest BCUT2D eigenvalue weighted by atomic mass is 32.2. The fourth-order valence-corrected chi connectivity index (χ4v) is 2.65. The van der Waals surface area contributed by atoms with E-state index in [0.29, 0.717) is 11.6 Å². The second-order valence-corrected chi connectivity index (χ2v) is 4.52. The number of carbonyl (C=O) groups excluding carboxylic acids is 2. The van der Waals surface area contributed by atoms with E-state index < -0.39 is 18.0 Å². The number of carboxylic acid groups (broad SMARTS) is 1. The number of nitrogens with zero attached hydrogens (tertiary/aromatic N) is 1. The van der Waals surface area contributed by atoms with Crippen LogP contribution in [0.2, 0.25) is 0 Å². The zero-order chi connectivity index (χ0) is 12.8. The number of hydrogen-bond donors (Lipinski definition) is 1. The van der Waals surface area contributed by atoms with Crippen molar-refractivity contribution in [1.29, 1.82) is 0 Å². The van der Waals surface area contributed by atoms with Crippen molar-refractivity contribution in [2.24, 2.45) is 0 Å². The van der Waals surface area contributed by atoms with Crippen LogP contribution >= 0.6 is 11.8 Å². The van der Waals surface area contributed by atoms with E-state index in [1.54, 1.807) is 6.92 Å². The predicted molar refractivity (Wildman–Crippen MR) is 61.5 cm³/mol. The minimum atomic E-state index is -1.00. The lowest BCUT2D eigenvalue weighted by Crippen LogP contribution is -2.41. The smallest absolute Gasteiger partial charge is 0.327 e. The topological polar surface area (TPSA) is 83.9 Å². The Morgan fingerprint density at radius 1 is 1.41 bits per heavy atom. The van der Waals surface area contributed by atoms with Crippen LogP contribution in [-0.4, -0.2) is 52.1 Å². The molecule has 0 saturated carbocycles. The van der Waals surface area contributed by atoms with Crippen molar-refractivity contribution < 1.29 is 24.2 Å². The van der Waals surface area contributed by atoms with Crippen LogP contribution in [0.3, 0.4) is 0 Å². The summed E-state index contributed by atoms with van der Waals surface area (Å²) in [6.07, 6.45) is 0.00333. The molecule has 0 bridgehead atoms.